The van der Waals surface area contributed by atoms with Gasteiger partial charge in [-0.1, -0.05) is 30.3 Å². The van der Waals surface area contributed by atoms with E-state index in [0.29, 0.717) is 25.0 Å². The molecule has 2 aromatic rings. The molecule has 2 aromatic carbocycles. The summed E-state index contributed by atoms with van der Waals surface area (Å²) in [5.74, 6) is 0.637. The minimum absolute atomic E-state index is 0.203. The molecule has 1 atom stereocenters. The van der Waals surface area contributed by atoms with Crippen molar-refractivity contribution in [2.45, 2.75) is 36.4 Å². The fraction of sp³-hybridized carbons (Fsp3) is 0.368. The number of alkyl halides is 3. The van der Waals surface area contributed by atoms with Crippen molar-refractivity contribution < 1.29 is 26.3 Å². The van der Waals surface area contributed by atoms with E-state index < -0.39 is 32.7 Å². The maximum absolute atomic E-state index is 13.3. The number of hydrogen-bond donors (Lipinski definition) is 0. The number of benzene rings is 2. The Kier molecular flexibility index (Phi) is 5.48. The van der Waals surface area contributed by atoms with E-state index in [9.17, 15) is 21.6 Å². The van der Waals surface area contributed by atoms with Gasteiger partial charge in [-0.2, -0.15) is 17.5 Å². The van der Waals surface area contributed by atoms with Crippen molar-refractivity contribution in [3.63, 3.8) is 0 Å². The van der Waals surface area contributed by atoms with Gasteiger partial charge in [0, 0.05) is 12.6 Å². The summed E-state index contributed by atoms with van der Waals surface area (Å²) >= 11 is 0. The first-order valence-corrected chi connectivity index (χ1v) is 9.99. The maximum atomic E-state index is 13.3. The van der Waals surface area contributed by atoms with Gasteiger partial charge in [0.15, 0.2) is 0 Å². The monoisotopic (exact) mass is 399 g/mol. The highest BCUT2D eigenvalue weighted by atomic mass is 32.2. The van der Waals surface area contributed by atoms with Gasteiger partial charge >= 0.3 is 6.18 Å². The van der Waals surface area contributed by atoms with Crippen LogP contribution in [-0.4, -0.2) is 32.4 Å². The lowest BCUT2D eigenvalue weighted by Gasteiger charge is -2.26. The Morgan fingerprint density at radius 2 is 1.78 bits per heavy atom. The third kappa shape index (κ3) is 3.96. The second-order valence-corrected chi connectivity index (χ2v) is 8.28. The van der Waals surface area contributed by atoms with Gasteiger partial charge in [0.25, 0.3) is 0 Å². The predicted octanol–water partition coefficient (Wildman–Crippen LogP) is 4.11. The van der Waals surface area contributed by atoms with Gasteiger partial charge in [0.05, 0.1) is 17.6 Å². The molecule has 1 heterocycles. The number of nitrogens with zero attached hydrogens (tertiary/aromatic N) is 1. The fourth-order valence-corrected chi connectivity index (χ4v) is 5.41. The van der Waals surface area contributed by atoms with Crippen molar-refractivity contribution in [2.75, 3.05) is 13.7 Å². The molecule has 0 unspecified atom stereocenters. The molecule has 0 aromatic heterocycles. The van der Waals surface area contributed by atoms with Crippen molar-refractivity contribution in [1.82, 2.24) is 4.31 Å². The molecular formula is C19H20F3NO3S. The molecule has 0 bridgehead atoms. The van der Waals surface area contributed by atoms with Crippen LogP contribution in [0, 0.1) is 0 Å². The summed E-state index contributed by atoms with van der Waals surface area (Å²) in [6.45, 7) is 0.203. The van der Waals surface area contributed by atoms with E-state index in [1.807, 2.05) is 18.2 Å². The number of halogens is 3. The smallest absolute Gasteiger partial charge is 0.417 e. The lowest BCUT2D eigenvalue weighted by Crippen LogP contribution is -2.37. The average molecular weight is 399 g/mol. The average Bonchev–Trinajstić information content (AvgIpc) is 3.10. The van der Waals surface area contributed by atoms with Gasteiger partial charge in [-0.05, 0) is 43.0 Å². The van der Waals surface area contributed by atoms with Crippen molar-refractivity contribution in [3.8, 4) is 5.75 Å². The second-order valence-electron chi connectivity index (χ2n) is 6.42. The molecule has 4 nitrogen and oxygen atoms in total. The van der Waals surface area contributed by atoms with E-state index in [2.05, 4.69) is 0 Å². The minimum Gasteiger partial charge on any atom is -0.496 e. The zero-order chi connectivity index (χ0) is 19.7. The SMILES string of the molecule is COc1ccccc1C[C@H]1CCCN1S(=O)(=O)c1ccccc1C(F)(F)F. The summed E-state index contributed by atoms with van der Waals surface area (Å²) in [5, 5.41) is 0. The second kappa shape index (κ2) is 7.52. The Hall–Kier alpha value is -2.06. The number of para-hydroxylation sites is 1. The molecule has 27 heavy (non-hydrogen) atoms. The summed E-state index contributed by atoms with van der Waals surface area (Å²) in [6, 6.07) is 11.2. The molecule has 3 rings (SSSR count). The maximum Gasteiger partial charge on any atom is 0.417 e. The van der Waals surface area contributed by atoms with Crippen LogP contribution < -0.4 is 4.74 Å². The van der Waals surface area contributed by atoms with E-state index in [1.54, 1.807) is 6.07 Å². The topological polar surface area (TPSA) is 46.6 Å². The highest BCUT2D eigenvalue weighted by Gasteiger charge is 2.42. The molecule has 0 N–H and O–H groups in total. The summed E-state index contributed by atoms with van der Waals surface area (Å²) < 4.78 is 72.5. The van der Waals surface area contributed by atoms with E-state index >= 15 is 0 Å². The van der Waals surface area contributed by atoms with Gasteiger partial charge in [-0.3, -0.25) is 0 Å². The van der Waals surface area contributed by atoms with Crippen LogP contribution >= 0.6 is 0 Å². The number of rotatable bonds is 5. The van der Waals surface area contributed by atoms with Gasteiger partial charge in [-0.25, -0.2) is 8.42 Å². The third-order valence-electron chi connectivity index (χ3n) is 4.75. The van der Waals surface area contributed by atoms with E-state index in [4.69, 9.17) is 4.74 Å². The lowest BCUT2D eigenvalue weighted by atomic mass is 10.0. The van der Waals surface area contributed by atoms with E-state index in [-0.39, 0.29) is 6.54 Å². The van der Waals surface area contributed by atoms with Crippen LogP contribution in [0.4, 0.5) is 13.2 Å². The Labute approximate surface area is 156 Å². The first-order chi connectivity index (χ1) is 12.7. The van der Waals surface area contributed by atoms with E-state index in [1.165, 1.54) is 23.5 Å². The van der Waals surface area contributed by atoms with Crippen LogP contribution in [-0.2, 0) is 22.6 Å². The Balaban J connectivity index is 1.95. The number of ether oxygens (including phenoxy) is 1. The first-order valence-electron chi connectivity index (χ1n) is 8.55. The first kappa shape index (κ1) is 19.7. The Morgan fingerprint density at radius 3 is 2.48 bits per heavy atom. The van der Waals surface area contributed by atoms with Crippen molar-refractivity contribution in [1.29, 1.82) is 0 Å². The Morgan fingerprint density at radius 1 is 1.11 bits per heavy atom. The quantitative estimate of drug-likeness (QED) is 0.760. The number of methoxy groups -OCH3 is 1. The van der Waals surface area contributed by atoms with Gasteiger partial charge in [0.1, 0.15) is 5.75 Å². The van der Waals surface area contributed by atoms with Gasteiger partial charge in [-0.15, -0.1) is 0 Å². The molecule has 1 aliphatic heterocycles. The highest BCUT2D eigenvalue weighted by Crippen LogP contribution is 2.37. The highest BCUT2D eigenvalue weighted by molar-refractivity contribution is 7.89. The summed E-state index contributed by atoms with van der Waals surface area (Å²) in [6.07, 6.45) is -3.16. The van der Waals surface area contributed by atoms with Gasteiger partial charge < -0.3 is 4.74 Å². The zero-order valence-electron chi connectivity index (χ0n) is 14.7. The molecule has 0 spiro atoms. The molecule has 0 saturated carbocycles. The molecular weight excluding hydrogens is 379 g/mol. The standard InChI is InChI=1S/C19H20F3NO3S/c1-26-17-10-4-2-7-14(17)13-15-8-6-12-23(15)27(24,25)18-11-5-3-9-16(18)19(20,21)22/h2-5,7,9-11,15H,6,8,12-13H2,1H3/t15-/m1/s1. The molecule has 0 amide bonds. The van der Waals surface area contributed by atoms with Crippen molar-refractivity contribution >= 4 is 10.0 Å². The largest absolute Gasteiger partial charge is 0.496 e. The fourth-order valence-electron chi connectivity index (χ4n) is 3.51. The van der Waals surface area contributed by atoms with Crippen LogP contribution in [0.5, 0.6) is 5.75 Å². The van der Waals surface area contributed by atoms with Gasteiger partial charge in [0.2, 0.25) is 10.0 Å². The normalized spacial score (nSPS) is 18.6. The van der Waals surface area contributed by atoms with Crippen LogP contribution in [0.2, 0.25) is 0 Å². The molecule has 146 valence electrons. The summed E-state index contributed by atoms with van der Waals surface area (Å²) in [4.78, 5) is -0.690. The Bertz CT molecular complexity index is 912. The van der Waals surface area contributed by atoms with Crippen molar-refractivity contribution in [3.05, 3.63) is 59.7 Å². The third-order valence-corrected chi connectivity index (χ3v) is 6.76. The molecule has 0 aliphatic carbocycles. The van der Waals surface area contributed by atoms with Crippen LogP contribution in [0.3, 0.4) is 0 Å². The van der Waals surface area contributed by atoms with E-state index in [0.717, 1.165) is 17.7 Å². The minimum atomic E-state index is -4.73. The molecule has 8 heteroatoms. The van der Waals surface area contributed by atoms with Crippen molar-refractivity contribution in [2.24, 2.45) is 0 Å². The number of sulfonamides is 1. The predicted molar refractivity (Wildman–Crippen MR) is 95.1 cm³/mol. The molecule has 1 saturated heterocycles. The summed E-state index contributed by atoms with van der Waals surface area (Å²) in [5.41, 5.74) is -0.302. The van der Waals surface area contributed by atoms with Crippen LogP contribution in [0.1, 0.15) is 24.0 Å². The molecule has 1 aliphatic rings. The summed E-state index contributed by atoms with van der Waals surface area (Å²) in [7, 11) is -2.74. The number of hydrogen-bond acceptors (Lipinski definition) is 3. The molecule has 0 radical (unpaired) electrons. The molecule has 1 fully saturated rings. The van der Waals surface area contributed by atoms with Crippen LogP contribution in [0.25, 0.3) is 0 Å². The zero-order valence-corrected chi connectivity index (χ0v) is 15.6. The van der Waals surface area contributed by atoms with Crippen LogP contribution in [0.15, 0.2) is 53.4 Å². The lowest BCUT2D eigenvalue weighted by molar-refractivity contribution is -0.139.